The molecule has 2 aliphatic heterocycles. The van der Waals surface area contributed by atoms with Crippen molar-refractivity contribution in [3.63, 3.8) is 0 Å². The topological polar surface area (TPSA) is 70.7 Å². The summed E-state index contributed by atoms with van der Waals surface area (Å²) in [4.78, 5) is 18.5. The minimum absolute atomic E-state index is 0.0847. The van der Waals surface area contributed by atoms with Crippen molar-refractivity contribution >= 4 is 28.8 Å². The first-order valence-electron chi connectivity index (χ1n) is 8.00. The molecular formula is C17H15F3N4OS. The number of aliphatic imine (C=N–C) groups is 1. The van der Waals surface area contributed by atoms with Gasteiger partial charge in [0.2, 0.25) is 0 Å². The Labute approximate surface area is 151 Å². The number of amides is 1. The van der Waals surface area contributed by atoms with E-state index in [2.05, 4.69) is 10.3 Å². The zero-order valence-electron chi connectivity index (χ0n) is 13.5. The van der Waals surface area contributed by atoms with Gasteiger partial charge in [-0.15, -0.1) is 11.3 Å². The van der Waals surface area contributed by atoms with Crippen LogP contribution in [0.2, 0.25) is 0 Å². The van der Waals surface area contributed by atoms with Crippen LogP contribution in [-0.4, -0.2) is 41.6 Å². The van der Waals surface area contributed by atoms with Gasteiger partial charge in [-0.2, -0.15) is 0 Å². The fraction of sp³-hybridized carbons (Fsp3) is 0.294. The Morgan fingerprint density at radius 3 is 2.81 bits per heavy atom. The van der Waals surface area contributed by atoms with Crippen molar-refractivity contribution in [1.82, 2.24) is 4.90 Å². The van der Waals surface area contributed by atoms with E-state index in [0.29, 0.717) is 4.88 Å². The number of carbonyl (C=O) groups is 1. The molecule has 3 N–H and O–H groups in total. The van der Waals surface area contributed by atoms with Gasteiger partial charge in [-0.3, -0.25) is 4.79 Å². The van der Waals surface area contributed by atoms with Crippen molar-refractivity contribution in [2.24, 2.45) is 10.7 Å². The monoisotopic (exact) mass is 380 g/mol. The second-order valence-electron chi connectivity index (χ2n) is 6.27. The minimum Gasteiger partial charge on any atom is -0.383 e. The lowest BCUT2D eigenvalue weighted by atomic mass is 9.91. The van der Waals surface area contributed by atoms with E-state index in [9.17, 15) is 13.6 Å². The van der Waals surface area contributed by atoms with E-state index in [0.717, 1.165) is 12.1 Å². The van der Waals surface area contributed by atoms with Gasteiger partial charge in [0.05, 0.1) is 22.7 Å². The van der Waals surface area contributed by atoms with Crippen LogP contribution < -0.4 is 11.1 Å². The number of hydrogen-bond acceptors (Lipinski definition) is 5. The molecule has 3 heterocycles. The van der Waals surface area contributed by atoms with Crippen molar-refractivity contribution in [2.45, 2.75) is 18.3 Å². The molecule has 2 aromatic rings. The Hall–Kier alpha value is -2.55. The Balaban J connectivity index is 1.63. The second-order valence-corrected chi connectivity index (χ2v) is 7.22. The molecule has 1 aromatic carbocycles. The van der Waals surface area contributed by atoms with Crippen LogP contribution in [0.1, 0.15) is 21.7 Å². The van der Waals surface area contributed by atoms with Crippen LogP contribution >= 0.6 is 11.3 Å². The molecule has 1 aromatic heterocycles. The number of thiophene rings is 1. The predicted molar refractivity (Wildman–Crippen MR) is 93.2 cm³/mol. The zero-order chi connectivity index (χ0) is 18.5. The van der Waals surface area contributed by atoms with Crippen molar-refractivity contribution < 1.29 is 18.0 Å². The number of nitrogens with two attached hydrogens (primary N) is 1. The van der Waals surface area contributed by atoms with E-state index in [1.807, 2.05) is 0 Å². The number of carbonyl (C=O) groups excluding carboxylic acids is 1. The fourth-order valence-electron chi connectivity index (χ4n) is 3.34. The molecule has 0 unspecified atom stereocenters. The number of benzene rings is 1. The van der Waals surface area contributed by atoms with Crippen molar-refractivity contribution in [1.29, 1.82) is 0 Å². The summed E-state index contributed by atoms with van der Waals surface area (Å²) in [5.41, 5.74) is 3.91. The van der Waals surface area contributed by atoms with Crippen LogP contribution in [0, 0.1) is 11.6 Å². The van der Waals surface area contributed by atoms with Gasteiger partial charge in [0.15, 0.2) is 11.8 Å². The number of nitrogens with one attached hydrogen (secondary N) is 1. The summed E-state index contributed by atoms with van der Waals surface area (Å²) < 4.78 is 43.2. The second kappa shape index (κ2) is 6.01. The van der Waals surface area contributed by atoms with Gasteiger partial charge in [-0.05, 0) is 23.6 Å². The maximum atomic E-state index is 15.0. The van der Waals surface area contributed by atoms with Crippen LogP contribution in [0.3, 0.4) is 0 Å². The van der Waals surface area contributed by atoms with Gasteiger partial charge >= 0.3 is 0 Å². The Morgan fingerprint density at radius 1 is 1.35 bits per heavy atom. The van der Waals surface area contributed by atoms with Crippen molar-refractivity contribution in [3.8, 4) is 0 Å². The normalized spacial score (nSPS) is 24.8. The zero-order valence-corrected chi connectivity index (χ0v) is 14.3. The highest BCUT2D eigenvalue weighted by molar-refractivity contribution is 7.12. The number of nitrogens with zero attached hydrogens (tertiary/aromatic N) is 2. The number of halogens is 3. The van der Waals surface area contributed by atoms with E-state index < -0.39 is 23.5 Å². The maximum Gasteiger partial charge on any atom is 0.264 e. The molecule has 2 atom stereocenters. The van der Waals surface area contributed by atoms with Crippen molar-refractivity contribution in [3.05, 3.63) is 51.7 Å². The van der Waals surface area contributed by atoms with Crippen LogP contribution in [0.25, 0.3) is 0 Å². The molecule has 0 radical (unpaired) electrons. The van der Waals surface area contributed by atoms with Crippen LogP contribution in [0.15, 0.2) is 34.6 Å². The summed E-state index contributed by atoms with van der Waals surface area (Å²) in [6.45, 7) is -0.0000170. The molecule has 1 amide bonds. The van der Waals surface area contributed by atoms with Crippen LogP contribution in [0.5, 0.6) is 0 Å². The number of anilines is 1. The quantitative estimate of drug-likeness (QED) is 0.799. The largest absolute Gasteiger partial charge is 0.383 e. The molecule has 4 rings (SSSR count). The fourth-order valence-corrected chi connectivity index (χ4v) is 4.04. The highest BCUT2D eigenvalue weighted by Crippen LogP contribution is 2.38. The first-order valence-corrected chi connectivity index (χ1v) is 8.88. The number of amidine groups is 1. The molecule has 1 saturated heterocycles. The average Bonchev–Trinajstić information content (AvgIpc) is 3.14. The highest BCUT2D eigenvalue weighted by atomic mass is 32.1. The molecule has 1 spiro atoms. The van der Waals surface area contributed by atoms with Crippen molar-refractivity contribution in [2.75, 3.05) is 18.4 Å². The molecular weight excluding hydrogens is 365 g/mol. The third-order valence-corrected chi connectivity index (χ3v) is 5.56. The molecule has 1 fully saturated rings. The van der Waals surface area contributed by atoms with Crippen LogP contribution in [0.4, 0.5) is 18.9 Å². The molecule has 2 aliphatic rings. The number of fused-ring (bicyclic) bond motifs is 1. The number of likely N-dealkylation sites (tertiary alicyclic amines) is 1. The van der Waals surface area contributed by atoms with E-state index >= 15 is 4.39 Å². The predicted octanol–water partition coefficient (Wildman–Crippen LogP) is 2.74. The average molecular weight is 380 g/mol. The number of rotatable bonds is 1. The summed E-state index contributed by atoms with van der Waals surface area (Å²) in [6, 6.07) is 5.33. The maximum absolute atomic E-state index is 15.0. The number of piperidine rings is 1. The summed E-state index contributed by atoms with van der Waals surface area (Å²) in [5, 5.41) is 4.47. The summed E-state index contributed by atoms with van der Waals surface area (Å²) >= 11 is 1.28. The SMILES string of the molecule is NC1=N[C@@]2(CCN(C(=O)c3cccs3)C[C@@H]2F)Nc2c(F)ccc(F)c21. The number of alkyl halides is 1. The van der Waals surface area contributed by atoms with E-state index in [1.54, 1.807) is 17.5 Å². The van der Waals surface area contributed by atoms with Gasteiger partial charge in [0.1, 0.15) is 17.5 Å². The molecule has 5 nitrogen and oxygen atoms in total. The van der Waals surface area contributed by atoms with Gasteiger partial charge in [0.25, 0.3) is 5.91 Å². The summed E-state index contributed by atoms with van der Waals surface area (Å²) in [6.07, 6.45) is -1.55. The molecule has 0 aliphatic carbocycles. The molecule has 26 heavy (non-hydrogen) atoms. The van der Waals surface area contributed by atoms with E-state index in [4.69, 9.17) is 5.73 Å². The Morgan fingerprint density at radius 2 is 2.12 bits per heavy atom. The van der Waals surface area contributed by atoms with Gasteiger partial charge in [-0.1, -0.05) is 6.07 Å². The Bertz CT molecular complexity index is 902. The lowest BCUT2D eigenvalue weighted by Gasteiger charge is -2.44. The van der Waals surface area contributed by atoms with Gasteiger partial charge < -0.3 is 16.0 Å². The Kier molecular flexibility index (Phi) is 3.91. The summed E-state index contributed by atoms with van der Waals surface area (Å²) in [7, 11) is 0. The molecule has 9 heteroatoms. The lowest BCUT2D eigenvalue weighted by Crippen LogP contribution is -2.60. The van der Waals surface area contributed by atoms with E-state index in [1.165, 1.54) is 16.2 Å². The smallest absolute Gasteiger partial charge is 0.264 e. The first-order chi connectivity index (χ1) is 12.4. The third kappa shape index (κ3) is 2.54. The minimum atomic E-state index is -1.63. The molecule has 0 bridgehead atoms. The molecule has 0 saturated carbocycles. The van der Waals surface area contributed by atoms with Gasteiger partial charge in [0, 0.05) is 13.0 Å². The van der Waals surface area contributed by atoms with E-state index in [-0.39, 0.29) is 42.5 Å². The highest BCUT2D eigenvalue weighted by Gasteiger charge is 2.48. The van der Waals surface area contributed by atoms with Gasteiger partial charge in [-0.25, -0.2) is 18.2 Å². The third-order valence-electron chi connectivity index (χ3n) is 4.70. The standard InChI is InChI=1S/C17H15F3N4OS/c18-9-3-4-10(19)14-13(9)15(21)23-17(22-14)5-6-24(8-12(17)20)16(25)11-2-1-7-26-11/h1-4,7,12,22H,5-6,8H2,(H2,21,23)/t12-,17+/m0/s1. The molecule has 136 valence electrons. The lowest BCUT2D eigenvalue weighted by molar-refractivity contribution is 0.0498. The first kappa shape index (κ1) is 16.9. The summed E-state index contributed by atoms with van der Waals surface area (Å²) in [5.74, 6) is -1.98. The number of hydrogen-bond donors (Lipinski definition) is 2. The van der Waals surface area contributed by atoms with Crippen LogP contribution in [-0.2, 0) is 0 Å².